The number of nitrogens with one attached hydrogen (secondary N) is 1. The highest BCUT2D eigenvalue weighted by molar-refractivity contribution is 5.94. The van der Waals surface area contributed by atoms with Crippen molar-refractivity contribution in [1.82, 2.24) is 10.2 Å². The van der Waals surface area contributed by atoms with Gasteiger partial charge < -0.3 is 24.8 Å². The lowest BCUT2D eigenvalue weighted by Crippen LogP contribution is -2.54. The van der Waals surface area contributed by atoms with E-state index < -0.39 is 29.4 Å². The van der Waals surface area contributed by atoms with Crippen molar-refractivity contribution in [2.24, 2.45) is 5.92 Å². The standard InChI is InChI=1S/C37H54N2O7/c1-5-7-9-12-15-18-30(40)19-16-13-10-11-14-17-20-32(37(44)25-27-46-36(37)43)34(41)38-33(35(42)39(3)4)28-29-21-23-31(24-22-29)45-26-8-6-2/h17,20-24,32-33,44H,5,7,9-16,18-19,25-28H2,1-4H3,(H,38,41)/b20-17+/t32-,33+,37+/m1/s1. The molecule has 254 valence electrons. The molecule has 2 amide bonds. The third kappa shape index (κ3) is 13.4. The first-order valence-corrected chi connectivity index (χ1v) is 16.8. The Morgan fingerprint density at radius 1 is 1.04 bits per heavy atom. The summed E-state index contributed by atoms with van der Waals surface area (Å²) in [6.45, 7) is 4.21. The SMILES string of the molecule is CC#CCOc1ccc(C[C@H](NC(=O)[C@@H](/C=C/CCCCCCC(=O)CCCCCCC)[C@@]2(O)CCOC2=O)C(=O)N(C)C)cc1. The molecule has 9 nitrogen and oxygen atoms in total. The van der Waals surface area contributed by atoms with E-state index in [9.17, 15) is 24.3 Å². The number of carbonyl (C=O) groups excluding carboxylic acids is 4. The number of carbonyl (C=O) groups is 4. The number of aliphatic hydroxyl groups is 1. The molecule has 1 heterocycles. The first kappa shape index (κ1) is 38.5. The number of nitrogens with zero attached hydrogens (tertiary/aromatic N) is 1. The topological polar surface area (TPSA) is 122 Å². The summed E-state index contributed by atoms with van der Waals surface area (Å²) >= 11 is 0. The predicted molar refractivity (Wildman–Crippen MR) is 179 cm³/mol. The van der Waals surface area contributed by atoms with Crippen molar-refractivity contribution in [3.05, 3.63) is 42.0 Å². The Balaban J connectivity index is 1.97. The minimum Gasteiger partial charge on any atom is -0.481 e. The number of ketones is 1. The Hall–Kier alpha value is -3.64. The summed E-state index contributed by atoms with van der Waals surface area (Å²) < 4.78 is 10.6. The summed E-state index contributed by atoms with van der Waals surface area (Å²) in [6.07, 6.45) is 14.9. The van der Waals surface area contributed by atoms with Crippen molar-refractivity contribution in [2.75, 3.05) is 27.3 Å². The third-order valence-corrected chi connectivity index (χ3v) is 8.24. The van der Waals surface area contributed by atoms with E-state index in [-0.39, 0.29) is 32.0 Å². The van der Waals surface area contributed by atoms with Crippen LogP contribution in [-0.2, 0) is 30.3 Å². The van der Waals surface area contributed by atoms with Gasteiger partial charge in [0.15, 0.2) is 5.60 Å². The lowest BCUT2D eigenvalue weighted by Gasteiger charge is -2.29. The Kier molecular flexibility index (Phi) is 17.8. The second kappa shape index (κ2) is 21.2. The van der Waals surface area contributed by atoms with Crippen LogP contribution in [0.5, 0.6) is 5.75 Å². The molecule has 2 rings (SSSR count). The van der Waals surface area contributed by atoms with Gasteiger partial charge in [0.25, 0.3) is 0 Å². The number of amides is 2. The van der Waals surface area contributed by atoms with E-state index in [2.05, 4.69) is 24.1 Å². The number of cyclic esters (lactones) is 1. The molecule has 9 heteroatoms. The van der Waals surface area contributed by atoms with Crippen molar-refractivity contribution < 1.29 is 33.8 Å². The lowest BCUT2D eigenvalue weighted by atomic mass is 9.84. The van der Waals surface area contributed by atoms with Gasteiger partial charge in [0, 0.05) is 39.8 Å². The minimum absolute atomic E-state index is 0.0166. The van der Waals surface area contributed by atoms with Gasteiger partial charge in [-0.25, -0.2) is 4.79 Å². The summed E-state index contributed by atoms with van der Waals surface area (Å²) in [6, 6.07) is 6.28. The quantitative estimate of drug-likeness (QED) is 0.0763. The van der Waals surface area contributed by atoms with Crippen molar-refractivity contribution in [3.63, 3.8) is 0 Å². The summed E-state index contributed by atoms with van der Waals surface area (Å²) in [7, 11) is 3.22. The molecule has 0 aliphatic carbocycles. The van der Waals surface area contributed by atoms with Crippen LogP contribution in [-0.4, -0.2) is 72.5 Å². The smallest absolute Gasteiger partial charge is 0.339 e. The van der Waals surface area contributed by atoms with Crippen molar-refractivity contribution >= 4 is 23.6 Å². The average molecular weight is 639 g/mol. The van der Waals surface area contributed by atoms with Crippen LogP contribution >= 0.6 is 0 Å². The van der Waals surface area contributed by atoms with Gasteiger partial charge >= 0.3 is 5.97 Å². The maximum Gasteiger partial charge on any atom is 0.339 e. The normalized spacial score (nSPS) is 17.1. The summed E-state index contributed by atoms with van der Waals surface area (Å²) in [5.41, 5.74) is -1.21. The van der Waals surface area contributed by atoms with Crippen LogP contribution < -0.4 is 10.1 Å². The van der Waals surface area contributed by atoms with Crippen LogP contribution in [0, 0.1) is 17.8 Å². The number of benzene rings is 1. The first-order chi connectivity index (χ1) is 22.1. The molecule has 1 aromatic rings. The molecule has 0 aromatic heterocycles. The van der Waals surface area contributed by atoms with Gasteiger partial charge in [-0.3, -0.25) is 14.4 Å². The Labute approximate surface area is 275 Å². The van der Waals surface area contributed by atoms with Crippen molar-refractivity contribution in [3.8, 4) is 17.6 Å². The number of hydrogen-bond acceptors (Lipinski definition) is 7. The number of rotatable bonds is 22. The zero-order valence-corrected chi connectivity index (χ0v) is 28.3. The zero-order valence-electron chi connectivity index (χ0n) is 28.3. The number of likely N-dealkylation sites (N-methyl/N-ethyl adjacent to an activating group) is 1. The minimum atomic E-state index is -2.01. The van der Waals surface area contributed by atoms with Crippen LogP contribution in [0.15, 0.2) is 36.4 Å². The molecule has 0 saturated carbocycles. The molecule has 0 unspecified atom stereocenters. The van der Waals surface area contributed by atoms with Crippen LogP contribution in [0.2, 0.25) is 0 Å². The number of hydrogen-bond donors (Lipinski definition) is 2. The monoisotopic (exact) mass is 638 g/mol. The van der Waals surface area contributed by atoms with Crippen LogP contribution in [0.25, 0.3) is 0 Å². The van der Waals surface area contributed by atoms with E-state index in [1.54, 1.807) is 45.3 Å². The summed E-state index contributed by atoms with van der Waals surface area (Å²) in [5, 5.41) is 14.0. The molecular weight excluding hydrogens is 584 g/mol. The van der Waals surface area contributed by atoms with E-state index in [1.165, 1.54) is 24.2 Å². The molecule has 1 aliphatic heterocycles. The molecule has 3 atom stereocenters. The molecule has 46 heavy (non-hydrogen) atoms. The van der Waals surface area contributed by atoms with Crippen LogP contribution in [0.3, 0.4) is 0 Å². The number of allylic oxidation sites excluding steroid dienone is 1. The maximum absolute atomic E-state index is 13.6. The van der Waals surface area contributed by atoms with Gasteiger partial charge in [0.05, 0.1) is 12.5 Å². The molecule has 1 fully saturated rings. The first-order valence-electron chi connectivity index (χ1n) is 16.8. The Morgan fingerprint density at radius 2 is 1.70 bits per heavy atom. The van der Waals surface area contributed by atoms with Gasteiger partial charge in [-0.1, -0.05) is 75.7 Å². The van der Waals surface area contributed by atoms with E-state index in [1.807, 2.05) is 12.1 Å². The van der Waals surface area contributed by atoms with Gasteiger partial charge in [-0.15, -0.1) is 5.92 Å². The molecule has 1 aromatic carbocycles. The summed E-state index contributed by atoms with van der Waals surface area (Å²) in [5.74, 6) is 3.59. The van der Waals surface area contributed by atoms with E-state index in [0.717, 1.165) is 44.1 Å². The molecular formula is C37H54N2O7. The van der Waals surface area contributed by atoms with Gasteiger partial charge in [0.2, 0.25) is 11.8 Å². The van der Waals surface area contributed by atoms with Gasteiger partial charge in [-0.2, -0.15) is 0 Å². The fourth-order valence-corrected chi connectivity index (χ4v) is 5.42. The summed E-state index contributed by atoms with van der Waals surface area (Å²) in [4.78, 5) is 52.8. The number of esters is 1. The van der Waals surface area contributed by atoms with Crippen molar-refractivity contribution in [2.45, 2.75) is 115 Å². The highest BCUT2D eigenvalue weighted by Gasteiger charge is 2.51. The van der Waals surface area contributed by atoms with Gasteiger partial charge in [0.1, 0.15) is 24.2 Å². The second-order valence-electron chi connectivity index (χ2n) is 12.2. The highest BCUT2D eigenvalue weighted by Crippen LogP contribution is 2.31. The Bertz CT molecular complexity index is 1200. The maximum atomic E-state index is 13.6. The fraction of sp³-hybridized carbons (Fsp3) is 0.622. The van der Waals surface area contributed by atoms with Gasteiger partial charge in [-0.05, 0) is 50.3 Å². The molecule has 2 N–H and O–H groups in total. The zero-order chi connectivity index (χ0) is 33.8. The van der Waals surface area contributed by atoms with Crippen LogP contribution in [0.1, 0.15) is 103 Å². The number of Topliss-reactive ketones (excluding diaryl/α,β-unsaturated/α-hetero) is 1. The van der Waals surface area contributed by atoms with E-state index in [0.29, 0.717) is 30.8 Å². The van der Waals surface area contributed by atoms with Crippen molar-refractivity contribution in [1.29, 1.82) is 0 Å². The molecule has 0 spiro atoms. The Morgan fingerprint density at radius 3 is 2.28 bits per heavy atom. The fourth-order valence-electron chi connectivity index (χ4n) is 5.42. The second-order valence-corrected chi connectivity index (χ2v) is 12.2. The largest absolute Gasteiger partial charge is 0.481 e. The molecule has 1 saturated heterocycles. The lowest BCUT2D eigenvalue weighted by molar-refractivity contribution is -0.160. The average Bonchev–Trinajstić information content (AvgIpc) is 3.38. The predicted octanol–water partition coefficient (Wildman–Crippen LogP) is 5.32. The molecule has 1 aliphatic rings. The van der Waals surface area contributed by atoms with E-state index >= 15 is 0 Å². The highest BCUT2D eigenvalue weighted by atomic mass is 16.6. The number of unbranched alkanes of at least 4 members (excludes halogenated alkanes) is 8. The molecule has 0 bridgehead atoms. The van der Waals surface area contributed by atoms with Crippen LogP contribution in [0.4, 0.5) is 0 Å². The molecule has 0 radical (unpaired) electrons. The van der Waals surface area contributed by atoms with E-state index in [4.69, 9.17) is 9.47 Å². The third-order valence-electron chi connectivity index (χ3n) is 8.24. The number of ether oxygens (including phenoxy) is 2.